The fourth-order valence-electron chi connectivity index (χ4n) is 2.60. The minimum absolute atomic E-state index is 1.19. The van der Waals surface area contributed by atoms with Gasteiger partial charge in [-0.25, -0.2) is 0 Å². The van der Waals surface area contributed by atoms with E-state index in [1.54, 1.807) is 0 Å². The summed E-state index contributed by atoms with van der Waals surface area (Å²) in [5, 5.41) is 1.31. The first-order valence-electron chi connectivity index (χ1n) is 7.58. The smallest absolute Gasteiger partial charge is 0.0458 e. The van der Waals surface area contributed by atoms with Crippen LogP contribution in [0.4, 0.5) is 0 Å². The molecule has 2 aromatic rings. The molecule has 0 spiro atoms. The Morgan fingerprint density at radius 2 is 1.89 bits per heavy atom. The van der Waals surface area contributed by atoms with Crippen LogP contribution in [0.25, 0.3) is 16.5 Å². The highest BCUT2D eigenvalue weighted by Crippen LogP contribution is 2.24. The first-order chi connectivity index (χ1) is 9.35. The first-order valence-corrected chi connectivity index (χ1v) is 7.58. The fraction of sp³-hybridized carbons (Fsp3) is 0.444. The summed E-state index contributed by atoms with van der Waals surface area (Å²) in [4.78, 5) is 3.53. The van der Waals surface area contributed by atoms with Crippen LogP contribution in [0, 0.1) is 0 Å². The molecule has 0 saturated heterocycles. The van der Waals surface area contributed by atoms with Gasteiger partial charge in [-0.2, -0.15) is 0 Å². The van der Waals surface area contributed by atoms with Crippen LogP contribution in [0.5, 0.6) is 0 Å². The Balaban J connectivity index is 1.97. The van der Waals surface area contributed by atoms with E-state index in [2.05, 4.69) is 55.2 Å². The maximum absolute atomic E-state index is 3.53. The van der Waals surface area contributed by atoms with Crippen molar-refractivity contribution in [3.05, 3.63) is 42.1 Å². The molecule has 0 aliphatic carbocycles. The minimum atomic E-state index is 1.19. The number of unbranched alkanes of at least 4 members (excludes halogenated alkanes) is 4. The third kappa shape index (κ3) is 3.73. The number of H-pyrrole nitrogens is 1. The van der Waals surface area contributed by atoms with Gasteiger partial charge in [-0.05, 0) is 42.9 Å². The summed E-state index contributed by atoms with van der Waals surface area (Å²) in [5.74, 6) is 0. The zero-order chi connectivity index (χ0) is 13.5. The van der Waals surface area contributed by atoms with Crippen molar-refractivity contribution >= 4 is 16.5 Å². The van der Waals surface area contributed by atoms with Crippen LogP contribution < -0.4 is 0 Å². The van der Waals surface area contributed by atoms with Gasteiger partial charge in [-0.3, -0.25) is 0 Å². The van der Waals surface area contributed by atoms with Crippen molar-refractivity contribution in [1.82, 2.24) is 4.98 Å². The number of nitrogens with one attached hydrogen (secondary N) is 1. The van der Waals surface area contributed by atoms with E-state index in [0.29, 0.717) is 0 Å². The highest BCUT2D eigenvalue weighted by molar-refractivity contribution is 5.84. The number of benzene rings is 1. The van der Waals surface area contributed by atoms with Crippen LogP contribution in [0.1, 0.15) is 58.1 Å². The van der Waals surface area contributed by atoms with E-state index >= 15 is 0 Å². The summed E-state index contributed by atoms with van der Waals surface area (Å²) in [5.41, 5.74) is 3.98. The lowest BCUT2D eigenvalue weighted by Gasteiger charge is -2.05. The average molecular weight is 255 g/mol. The van der Waals surface area contributed by atoms with E-state index in [4.69, 9.17) is 0 Å². The number of hydrogen-bond acceptors (Lipinski definition) is 0. The predicted octanol–water partition coefficient (Wildman–Crippen LogP) is 5.93. The number of aromatic nitrogens is 1. The standard InChI is InChI=1S/C18H25N/c1-3-5-6-7-8-11-15(4-2)18-14-16-12-9-10-13-17(16)19-18/h4,9-10,12-14,19H,3,5-8,11H2,1-2H3. The normalized spacial score (nSPS) is 12.2. The second kappa shape index (κ2) is 7.18. The molecule has 1 aromatic carbocycles. The molecule has 19 heavy (non-hydrogen) atoms. The second-order valence-electron chi connectivity index (χ2n) is 5.25. The number of para-hydroxylation sites is 1. The van der Waals surface area contributed by atoms with E-state index < -0.39 is 0 Å². The Hall–Kier alpha value is -1.50. The van der Waals surface area contributed by atoms with E-state index in [1.165, 1.54) is 60.7 Å². The van der Waals surface area contributed by atoms with Gasteiger partial charge >= 0.3 is 0 Å². The molecule has 1 heterocycles. The SMILES string of the molecule is CC=C(CCCCCCC)c1cc2ccccc2[nH]1. The van der Waals surface area contributed by atoms with Gasteiger partial charge in [0.1, 0.15) is 0 Å². The molecule has 0 aliphatic rings. The van der Waals surface area contributed by atoms with Gasteiger partial charge in [0, 0.05) is 11.2 Å². The van der Waals surface area contributed by atoms with Crippen molar-refractivity contribution in [3.8, 4) is 0 Å². The third-order valence-corrected chi connectivity index (χ3v) is 3.77. The molecule has 0 unspecified atom stereocenters. The molecule has 1 nitrogen and oxygen atoms in total. The van der Waals surface area contributed by atoms with E-state index in [-0.39, 0.29) is 0 Å². The largest absolute Gasteiger partial charge is 0.355 e. The molecule has 2 rings (SSSR count). The number of rotatable bonds is 7. The molecule has 0 atom stereocenters. The first kappa shape index (κ1) is 13.9. The molecule has 1 N–H and O–H groups in total. The lowest BCUT2D eigenvalue weighted by Crippen LogP contribution is -1.86. The van der Waals surface area contributed by atoms with Crippen molar-refractivity contribution < 1.29 is 0 Å². The van der Waals surface area contributed by atoms with Crippen molar-refractivity contribution in [2.75, 3.05) is 0 Å². The van der Waals surface area contributed by atoms with Crippen LogP contribution in [0.2, 0.25) is 0 Å². The van der Waals surface area contributed by atoms with E-state index in [1.807, 2.05) is 0 Å². The summed E-state index contributed by atoms with van der Waals surface area (Å²) >= 11 is 0. The van der Waals surface area contributed by atoms with Gasteiger partial charge in [-0.15, -0.1) is 0 Å². The summed E-state index contributed by atoms with van der Waals surface area (Å²) in [6.45, 7) is 4.41. The van der Waals surface area contributed by atoms with Crippen LogP contribution in [-0.2, 0) is 0 Å². The molecular formula is C18H25N. The van der Waals surface area contributed by atoms with Gasteiger partial charge in [0.25, 0.3) is 0 Å². The summed E-state index contributed by atoms with van der Waals surface area (Å²) in [6, 6.07) is 10.8. The van der Waals surface area contributed by atoms with Gasteiger partial charge < -0.3 is 4.98 Å². The molecule has 102 valence electrons. The van der Waals surface area contributed by atoms with E-state index in [0.717, 1.165) is 0 Å². The number of hydrogen-bond donors (Lipinski definition) is 1. The minimum Gasteiger partial charge on any atom is -0.355 e. The third-order valence-electron chi connectivity index (χ3n) is 3.77. The number of allylic oxidation sites excluding steroid dienone is 2. The summed E-state index contributed by atoms with van der Waals surface area (Å²) < 4.78 is 0. The topological polar surface area (TPSA) is 15.8 Å². The van der Waals surface area contributed by atoms with Gasteiger partial charge in [0.15, 0.2) is 0 Å². The van der Waals surface area contributed by atoms with Crippen molar-refractivity contribution in [3.63, 3.8) is 0 Å². The fourth-order valence-corrected chi connectivity index (χ4v) is 2.60. The van der Waals surface area contributed by atoms with Crippen molar-refractivity contribution in [2.24, 2.45) is 0 Å². The molecule has 0 amide bonds. The molecule has 0 fully saturated rings. The second-order valence-corrected chi connectivity index (χ2v) is 5.25. The van der Waals surface area contributed by atoms with Crippen molar-refractivity contribution in [1.29, 1.82) is 0 Å². The lowest BCUT2D eigenvalue weighted by molar-refractivity contribution is 0.640. The Morgan fingerprint density at radius 1 is 1.11 bits per heavy atom. The maximum atomic E-state index is 3.53. The summed E-state index contributed by atoms with van der Waals surface area (Å²) in [7, 11) is 0. The number of fused-ring (bicyclic) bond motifs is 1. The van der Waals surface area contributed by atoms with Crippen molar-refractivity contribution in [2.45, 2.75) is 52.4 Å². The molecule has 0 saturated carbocycles. The maximum Gasteiger partial charge on any atom is 0.0458 e. The Labute approximate surface area is 116 Å². The Morgan fingerprint density at radius 3 is 2.63 bits per heavy atom. The monoisotopic (exact) mass is 255 g/mol. The molecule has 1 aromatic heterocycles. The van der Waals surface area contributed by atoms with Gasteiger partial charge in [0.2, 0.25) is 0 Å². The zero-order valence-corrected chi connectivity index (χ0v) is 12.2. The lowest BCUT2D eigenvalue weighted by atomic mass is 10.0. The number of aromatic amines is 1. The zero-order valence-electron chi connectivity index (χ0n) is 12.2. The van der Waals surface area contributed by atoms with Crippen LogP contribution in [-0.4, -0.2) is 4.98 Å². The average Bonchev–Trinajstić information content (AvgIpc) is 2.86. The van der Waals surface area contributed by atoms with Crippen LogP contribution >= 0.6 is 0 Å². The molecule has 0 aliphatic heterocycles. The van der Waals surface area contributed by atoms with E-state index in [9.17, 15) is 0 Å². The summed E-state index contributed by atoms with van der Waals surface area (Å²) in [6.07, 6.45) is 10.2. The molecular weight excluding hydrogens is 230 g/mol. The Kier molecular flexibility index (Phi) is 5.26. The molecule has 0 radical (unpaired) electrons. The van der Waals surface area contributed by atoms with Crippen LogP contribution in [0.15, 0.2) is 36.4 Å². The van der Waals surface area contributed by atoms with Crippen LogP contribution in [0.3, 0.4) is 0 Å². The van der Waals surface area contributed by atoms with Gasteiger partial charge in [0.05, 0.1) is 0 Å². The van der Waals surface area contributed by atoms with Gasteiger partial charge in [-0.1, -0.05) is 56.9 Å². The Bertz CT molecular complexity index is 500. The predicted molar refractivity (Wildman–Crippen MR) is 85.3 cm³/mol. The molecule has 1 heteroatoms. The highest BCUT2D eigenvalue weighted by Gasteiger charge is 2.04. The molecule has 0 bridgehead atoms. The quantitative estimate of drug-likeness (QED) is 0.590. The highest BCUT2D eigenvalue weighted by atomic mass is 14.7.